The number of imidazole rings is 1. The first kappa shape index (κ1) is 44.8. The molecule has 17 heteroatoms. The van der Waals surface area contributed by atoms with E-state index in [2.05, 4.69) is 27.2 Å². The van der Waals surface area contributed by atoms with Gasteiger partial charge in [0.1, 0.15) is 22.7 Å². The maximum absolute atomic E-state index is 13.7. The molecule has 2 aromatic carbocycles. The number of benzene rings is 2. The molecule has 6 heterocycles. The van der Waals surface area contributed by atoms with Crippen molar-refractivity contribution < 1.29 is 38.2 Å². The quantitative estimate of drug-likeness (QED) is 0.0534. The van der Waals surface area contributed by atoms with Crippen molar-refractivity contribution in [3.8, 4) is 5.75 Å². The summed E-state index contributed by atoms with van der Waals surface area (Å²) in [5.41, 5.74) is 4.77. The highest BCUT2D eigenvalue weighted by Gasteiger charge is 2.34. The van der Waals surface area contributed by atoms with Crippen LogP contribution < -0.4 is 15.4 Å². The Balaban J connectivity index is 0.830. The van der Waals surface area contributed by atoms with Crippen molar-refractivity contribution in [1.82, 2.24) is 28.2 Å². The van der Waals surface area contributed by atoms with Crippen molar-refractivity contribution in [2.24, 2.45) is 26.1 Å². The van der Waals surface area contributed by atoms with Gasteiger partial charge >= 0.3 is 5.97 Å². The number of nitrogens with one attached hydrogen (secondary N) is 2. The normalized spacial score (nSPS) is 14.5. The molecule has 0 radical (unpaired) electrons. The van der Waals surface area contributed by atoms with E-state index in [0.717, 1.165) is 11.1 Å². The molecule has 0 saturated carbocycles. The Hall–Kier alpha value is -7.82. The Labute approximate surface area is 380 Å². The minimum Gasteiger partial charge on any atom is -0.493 e. The molecule has 4 aromatic heterocycles. The number of aliphatic imine (C=N–C) groups is 1. The highest BCUT2D eigenvalue weighted by Crippen LogP contribution is 2.35. The fourth-order valence-electron chi connectivity index (χ4n) is 8.19. The number of fused-ring (bicyclic) bond motifs is 3. The van der Waals surface area contributed by atoms with Crippen molar-refractivity contribution in [1.29, 1.82) is 0 Å². The van der Waals surface area contributed by atoms with Crippen LogP contribution >= 0.6 is 0 Å². The molecule has 1 fully saturated rings. The highest BCUT2D eigenvalue weighted by atomic mass is 16.6. The molecule has 0 unspecified atom stereocenters. The van der Waals surface area contributed by atoms with Crippen molar-refractivity contribution in [2.75, 3.05) is 23.8 Å². The number of carbonyl (C=O) groups is 6. The molecule has 8 rings (SSSR count). The van der Waals surface area contributed by atoms with Gasteiger partial charge in [0, 0.05) is 83.0 Å². The number of esters is 1. The van der Waals surface area contributed by atoms with E-state index in [1.54, 1.807) is 140 Å². The molecule has 66 heavy (non-hydrogen) atoms. The molecule has 0 aliphatic carbocycles. The van der Waals surface area contributed by atoms with Gasteiger partial charge in [0.2, 0.25) is 11.7 Å². The number of nitrogens with zero attached hydrogens (tertiary/aromatic N) is 7. The number of hydrogen-bond donors (Lipinski definition) is 2. The van der Waals surface area contributed by atoms with Crippen LogP contribution in [0.25, 0.3) is 10.9 Å². The molecular formula is C49H51N9O8. The largest absolute Gasteiger partial charge is 0.493 e. The van der Waals surface area contributed by atoms with E-state index < -0.39 is 17.5 Å². The van der Waals surface area contributed by atoms with Crippen molar-refractivity contribution >= 4 is 69.7 Å². The minimum atomic E-state index is -0.646. The van der Waals surface area contributed by atoms with Crippen LogP contribution in [0.5, 0.6) is 5.75 Å². The zero-order chi connectivity index (χ0) is 47.2. The lowest BCUT2D eigenvalue weighted by atomic mass is 10.1. The van der Waals surface area contributed by atoms with Crippen LogP contribution in [-0.4, -0.2) is 94.5 Å². The maximum atomic E-state index is 13.7. The van der Waals surface area contributed by atoms with Crippen molar-refractivity contribution in [3.05, 3.63) is 125 Å². The van der Waals surface area contributed by atoms with Gasteiger partial charge in [-0.25, -0.2) is 9.78 Å². The van der Waals surface area contributed by atoms with E-state index in [-0.39, 0.29) is 66.3 Å². The number of anilines is 2. The summed E-state index contributed by atoms with van der Waals surface area (Å²) in [6.45, 7) is 12.1. The maximum Gasteiger partial charge on any atom is 0.338 e. The third-order valence-electron chi connectivity index (χ3n) is 11.3. The average Bonchev–Trinajstić information content (AvgIpc) is 4.08. The van der Waals surface area contributed by atoms with Crippen LogP contribution in [0.2, 0.25) is 0 Å². The smallest absolute Gasteiger partial charge is 0.338 e. The zero-order valence-electron chi connectivity index (χ0n) is 37.9. The van der Waals surface area contributed by atoms with Gasteiger partial charge in [-0.15, -0.1) is 0 Å². The summed E-state index contributed by atoms with van der Waals surface area (Å²) in [5.74, 6) is -0.980. The van der Waals surface area contributed by atoms with Gasteiger partial charge in [-0.3, -0.25) is 33.5 Å². The van der Waals surface area contributed by atoms with Crippen LogP contribution in [-0.2, 0) is 37.1 Å². The molecule has 2 aliphatic heterocycles. The zero-order valence-corrected chi connectivity index (χ0v) is 37.9. The van der Waals surface area contributed by atoms with E-state index in [4.69, 9.17) is 9.47 Å². The van der Waals surface area contributed by atoms with Crippen LogP contribution in [0.3, 0.4) is 0 Å². The molecule has 340 valence electrons. The Bertz CT molecular complexity index is 3030. The number of rotatable bonds is 13. The molecule has 2 aliphatic rings. The van der Waals surface area contributed by atoms with Gasteiger partial charge < -0.3 is 38.7 Å². The van der Waals surface area contributed by atoms with E-state index >= 15 is 0 Å². The number of ether oxygens (including phenoxy) is 2. The van der Waals surface area contributed by atoms with Gasteiger partial charge in [0.25, 0.3) is 17.7 Å². The summed E-state index contributed by atoms with van der Waals surface area (Å²) in [4.78, 5) is 90.1. The van der Waals surface area contributed by atoms with Crippen LogP contribution in [0.15, 0.2) is 90.5 Å². The number of amides is 3. The van der Waals surface area contributed by atoms with Gasteiger partial charge in [0.05, 0.1) is 40.7 Å². The highest BCUT2D eigenvalue weighted by molar-refractivity contribution is 6.07. The standard InChI is InChI=1S/C49H51N9O8/c1-28-16-34-23-50-36-22-41(29(2)17-35(36)46(62)58(34)24-28)65-15-9-10-43(60)52-42-27-56(8)44(53-42)40(59)19-30-18-38(54(6)25-30)45(61)51-33-21-39(55(7)26-33)47(63)57-14-13-31-20-32(11-12-37(31)57)48(64)66-49(3,4)5/h11-14,17-18,20-23,25-27,34H,1,9-10,15-16,19,24H2,2-8H3,(H,51,61)(H,52,60)/t34-/m0/s1. The number of Topliss-reactive ketones (excluding diaryl/α,β-unsaturated/α-hetero) is 1. The molecule has 1 saturated heterocycles. The number of carbonyl (C=O) groups excluding carboxylic acids is 6. The fraction of sp³-hybridized carbons (Fsp3) is 0.306. The molecule has 6 aromatic rings. The van der Waals surface area contributed by atoms with E-state index in [0.29, 0.717) is 69.8 Å². The third-order valence-corrected chi connectivity index (χ3v) is 11.3. The number of aromatic nitrogens is 5. The Kier molecular flexibility index (Phi) is 12.0. The third kappa shape index (κ3) is 9.36. The van der Waals surface area contributed by atoms with Crippen LogP contribution in [0, 0.1) is 6.92 Å². The first-order valence-corrected chi connectivity index (χ1v) is 21.5. The second-order valence-corrected chi connectivity index (χ2v) is 17.8. The lowest BCUT2D eigenvalue weighted by Gasteiger charge is -2.20. The molecule has 0 bridgehead atoms. The number of hydrogen-bond acceptors (Lipinski definition) is 10. The number of aryl methyl sites for hydroxylation is 4. The summed E-state index contributed by atoms with van der Waals surface area (Å²) >= 11 is 0. The fourth-order valence-corrected chi connectivity index (χ4v) is 8.19. The summed E-state index contributed by atoms with van der Waals surface area (Å²) in [7, 11) is 5.06. The van der Waals surface area contributed by atoms with Gasteiger partial charge in [-0.05, 0) is 94.1 Å². The second kappa shape index (κ2) is 17.6. The molecule has 17 nitrogen and oxygen atoms in total. The topological polar surface area (TPSA) is 193 Å². The van der Waals surface area contributed by atoms with Gasteiger partial charge in [-0.1, -0.05) is 12.2 Å². The molecule has 2 N–H and O–H groups in total. The molecular weight excluding hydrogens is 843 g/mol. The first-order chi connectivity index (χ1) is 31.3. The van der Waals surface area contributed by atoms with Crippen LogP contribution in [0.1, 0.15) is 103 Å². The van der Waals surface area contributed by atoms with Gasteiger partial charge in [0.15, 0.2) is 11.6 Å². The second-order valence-electron chi connectivity index (χ2n) is 17.8. The summed E-state index contributed by atoms with van der Waals surface area (Å²) < 4.78 is 17.7. The SMILES string of the molecule is C=C1C[C@H]2C=Nc3cc(OCCCC(=O)Nc4cn(C)c(C(=O)Cc5cc(C(=O)Nc6cc(C(=O)n7ccc8cc(C(=O)OC(C)(C)C)ccc87)n(C)c6)n(C)c5)n4)c(C)cc3C(=O)N2C1. The summed E-state index contributed by atoms with van der Waals surface area (Å²) in [5, 5.41) is 6.30. The van der Waals surface area contributed by atoms with E-state index in [1.165, 1.54) is 4.57 Å². The molecule has 3 amide bonds. The van der Waals surface area contributed by atoms with Crippen LogP contribution in [0.4, 0.5) is 17.2 Å². The lowest BCUT2D eigenvalue weighted by Crippen LogP contribution is -2.35. The Morgan fingerprint density at radius 1 is 0.909 bits per heavy atom. The van der Waals surface area contributed by atoms with Crippen molar-refractivity contribution in [3.63, 3.8) is 0 Å². The van der Waals surface area contributed by atoms with E-state index in [9.17, 15) is 28.8 Å². The predicted octanol–water partition coefficient (Wildman–Crippen LogP) is 6.97. The lowest BCUT2D eigenvalue weighted by molar-refractivity contribution is -0.116. The minimum absolute atomic E-state index is 0.0546. The first-order valence-electron chi connectivity index (χ1n) is 21.5. The molecule has 1 atom stereocenters. The Morgan fingerprint density at radius 3 is 2.45 bits per heavy atom. The molecule has 0 spiro atoms. The number of ketones is 1. The monoisotopic (exact) mass is 893 g/mol. The Morgan fingerprint density at radius 2 is 1.68 bits per heavy atom. The summed E-state index contributed by atoms with van der Waals surface area (Å²) in [6.07, 6.45) is 9.49. The van der Waals surface area contributed by atoms with Crippen molar-refractivity contribution in [2.45, 2.75) is 65.0 Å². The summed E-state index contributed by atoms with van der Waals surface area (Å²) in [6, 6.07) is 13.4. The predicted molar refractivity (Wildman–Crippen MR) is 248 cm³/mol. The average molecular weight is 894 g/mol. The van der Waals surface area contributed by atoms with Gasteiger partial charge in [-0.2, -0.15) is 0 Å². The van der Waals surface area contributed by atoms with E-state index in [1.807, 2.05) is 6.92 Å².